The van der Waals surface area contributed by atoms with Crippen LogP contribution in [0.3, 0.4) is 0 Å². The Morgan fingerprint density at radius 2 is 2.13 bits per heavy atom. The smallest absolute Gasteiger partial charge is 0.342 e. The van der Waals surface area contributed by atoms with Gasteiger partial charge in [-0.1, -0.05) is 18.5 Å². The summed E-state index contributed by atoms with van der Waals surface area (Å²) in [6.45, 7) is 5.60. The molecule has 0 unspecified atom stereocenters. The molecule has 30 heavy (non-hydrogen) atoms. The lowest BCUT2D eigenvalue weighted by molar-refractivity contribution is -0.123. The number of ether oxygens (including phenoxy) is 2. The van der Waals surface area contributed by atoms with Crippen LogP contribution in [0.4, 0.5) is 5.00 Å². The fourth-order valence-corrected chi connectivity index (χ4v) is 4.89. The Hall–Kier alpha value is -2.45. The molecule has 2 aromatic heterocycles. The number of halogens is 1. The highest BCUT2D eigenvalue weighted by Crippen LogP contribution is 2.40. The molecule has 2 aromatic rings. The van der Waals surface area contributed by atoms with Gasteiger partial charge in [-0.05, 0) is 56.7 Å². The Labute approximate surface area is 183 Å². The van der Waals surface area contributed by atoms with Gasteiger partial charge >= 0.3 is 11.9 Å². The number of hydrogen-bond donors (Lipinski definition) is 1. The summed E-state index contributed by atoms with van der Waals surface area (Å²) < 4.78 is 10.4. The largest absolute Gasteiger partial charge is 0.462 e. The van der Waals surface area contributed by atoms with Crippen LogP contribution in [0, 0.1) is 5.92 Å². The molecular weight excluding hydrogens is 428 g/mol. The molecule has 1 amide bonds. The van der Waals surface area contributed by atoms with E-state index < -0.39 is 23.9 Å². The maximum Gasteiger partial charge on any atom is 0.342 e. The van der Waals surface area contributed by atoms with Crippen LogP contribution in [0.5, 0.6) is 0 Å². The third-order valence-corrected chi connectivity index (χ3v) is 6.33. The summed E-state index contributed by atoms with van der Waals surface area (Å²) >= 11 is 7.28. The Kier molecular flexibility index (Phi) is 7.10. The first-order valence-corrected chi connectivity index (χ1v) is 10.9. The minimum atomic E-state index is -1.10. The summed E-state index contributed by atoms with van der Waals surface area (Å²) in [6, 6.07) is 3.02. The van der Waals surface area contributed by atoms with Gasteiger partial charge in [0.15, 0.2) is 6.10 Å². The van der Waals surface area contributed by atoms with E-state index in [1.807, 2.05) is 0 Å². The van der Waals surface area contributed by atoms with Crippen molar-refractivity contribution in [3.8, 4) is 0 Å². The average molecular weight is 451 g/mol. The first-order valence-electron chi connectivity index (χ1n) is 9.75. The van der Waals surface area contributed by atoms with Crippen LogP contribution in [0.2, 0.25) is 5.15 Å². The number of carbonyl (C=O) groups is 3. The number of esters is 2. The Morgan fingerprint density at radius 1 is 1.37 bits per heavy atom. The molecule has 2 atom stereocenters. The number of pyridine rings is 1. The molecular formula is C21H23ClN2O5S. The van der Waals surface area contributed by atoms with Crippen LogP contribution < -0.4 is 5.32 Å². The Morgan fingerprint density at radius 3 is 2.83 bits per heavy atom. The topological polar surface area (TPSA) is 94.6 Å². The van der Waals surface area contributed by atoms with Gasteiger partial charge in [-0.2, -0.15) is 0 Å². The Bertz CT molecular complexity index is 974. The van der Waals surface area contributed by atoms with E-state index in [4.69, 9.17) is 21.1 Å². The summed E-state index contributed by atoms with van der Waals surface area (Å²) in [6.07, 6.45) is 2.95. The van der Waals surface area contributed by atoms with E-state index in [9.17, 15) is 14.4 Å². The van der Waals surface area contributed by atoms with E-state index >= 15 is 0 Å². The molecule has 0 fully saturated rings. The maximum absolute atomic E-state index is 12.7. The van der Waals surface area contributed by atoms with Crippen molar-refractivity contribution in [1.29, 1.82) is 0 Å². The molecule has 0 aliphatic heterocycles. The van der Waals surface area contributed by atoms with E-state index in [0.29, 0.717) is 16.5 Å². The molecule has 0 saturated heterocycles. The van der Waals surface area contributed by atoms with E-state index in [0.717, 1.165) is 29.7 Å². The number of nitrogens with one attached hydrogen (secondary N) is 1. The summed E-state index contributed by atoms with van der Waals surface area (Å²) in [4.78, 5) is 42.4. The zero-order chi connectivity index (χ0) is 21.8. The summed E-state index contributed by atoms with van der Waals surface area (Å²) in [5.74, 6) is -1.23. The molecule has 160 valence electrons. The summed E-state index contributed by atoms with van der Waals surface area (Å²) in [7, 11) is 0. The normalized spacial score (nSPS) is 16.3. The molecule has 0 bridgehead atoms. The summed E-state index contributed by atoms with van der Waals surface area (Å²) in [5, 5.41) is 3.18. The van der Waals surface area contributed by atoms with Crippen molar-refractivity contribution >= 4 is 45.8 Å². The monoisotopic (exact) mass is 450 g/mol. The molecule has 1 aliphatic rings. The third kappa shape index (κ3) is 4.82. The number of fused-ring (bicyclic) bond motifs is 1. The standard InChI is InChI=1S/C21H23ClN2O5S/c1-4-28-21(27)16-13-8-7-11(2)10-15(13)30-19(16)24-18(25)12(3)29-20(26)14-6-5-9-23-17(14)22/h5-6,9,11-12H,4,7-8,10H2,1-3H3,(H,24,25)/t11-,12+/m1/s1. The lowest BCUT2D eigenvalue weighted by Crippen LogP contribution is -2.30. The van der Waals surface area contributed by atoms with Crippen molar-refractivity contribution in [2.24, 2.45) is 5.92 Å². The lowest BCUT2D eigenvalue weighted by Gasteiger charge is -2.18. The molecule has 0 radical (unpaired) electrons. The predicted octanol–water partition coefficient (Wildman–Crippen LogP) is 4.28. The number of thiophene rings is 1. The number of rotatable bonds is 6. The molecule has 9 heteroatoms. The van der Waals surface area contributed by atoms with Crippen molar-refractivity contribution in [2.75, 3.05) is 11.9 Å². The van der Waals surface area contributed by atoms with Gasteiger partial charge < -0.3 is 14.8 Å². The highest BCUT2D eigenvalue weighted by Gasteiger charge is 2.30. The van der Waals surface area contributed by atoms with Gasteiger partial charge in [-0.15, -0.1) is 11.3 Å². The zero-order valence-electron chi connectivity index (χ0n) is 17.0. The van der Waals surface area contributed by atoms with Gasteiger partial charge in [0.1, 0.15) is 10.2 Å². The second-order valence-corrected chi connectivity index (χ2v) is 8.62. The Balaban J connectivity index is 1.78. The molecule has 2 heterocycles. The van der Waals surface area contributed by atoms with Crippen molar-refractivity contribution in [3.05, 3.63) is 45.1 Å². The number of nitrogens with zero attached hydrogens (tertiary/aromatic N) is 1. The maximum atomic E-state index is 12.7. The molecule has 0 spiro atoms. The predicted molar refractivity (Wildman–Crippen MR) is 114 cm³/mol. The molecule has 7 nitrogen and oxygen atoms in total. The van der Waals surface area contributed by atoms with Crippen LogP contribution in [0.25, 0.3) is 0 Å². The van der Waals surface area contributed by atoms with Crippen molar-refractivity contribution in [2.45, 2.75) is 46.1 Å². The molecule has 1 N–H and O–H groups in total. The van der Waals surface area contributed by atoms with Gasteiger partial charge in [0.05, 0.1) is 17.7 Å². The highest BCUT2D eigenvalue weighted by molar-refractivity contribution is 7.17. The van der Waals surface area contributed by atoms with Crippen LogP contribution in [0.15, 0.2) is 18.3 Å². The number of aromatic nitrogens is 1. The first kappa shape index (κ1) is 22.2. The third-order valence-electron chi connectivity index (χ3n) is 4.86. The van der Waals surface area contributed by atoms with E-state index in [2.05, 4.69) is 17.2 Å². The molecule has 3 rings (SSSR count). The molecule has 0 saturated carbocycles. The van der Waals surface area contributed by atoms with E-state index in [1.165, 1.54) is 30.5 Å². The fraction of sp³-hybridized carbons (Fsp3) is 0.429. The van der Waals surface area contributed by atoms with Gasteiger partial charge in [0.2, 0.25) is 0 Å². The van der Waals surface area contributed by atoms with Gasteiger partial charge in [0.25, 0.3) is 5.91 Å². The second-order valence-electron chi connectivity index (χ2n) is 7.15. The first-order chi connectivity index (χ1) is 14.3. The minimum absolute atomic E-state index is 0.000225. The van der Waals surface area contributed by atoms with Gasteiger partial charge in [-0.25, -0.2) is 14.6 Å². The zero-order valence-corrected chi connectivity index (χ0v) is 18.6. The van der Waals surface area contributed by atoms with E-state index in [1.54, 1.807) is 13.0 Å². The second kappa shape index (κ2) is 9.57. The highest BCUT2D eigenvalue weighted by atomic mass is 35.5. The van der Waals surface area contributed by atoms with Crippen LogP contribution in [-0.4, -0.2) is 35.5 Å². The lowest BCUT2D eigenvalue weighted by atomic mass is 9.88. The van der Waals surface area contributed by atoms with E-state index in [-0.39, 0.29) is 17.3 Å². The average Bonchev–Trinajstić information content (AvgIpc) is 3.05. The number of anilines is 1. The SMILES string of the molecule is CCOC(=O)c1c(NC(=O)[C@H](C)OC(=O)c2cccnc2Cl)sc2c1CC[C@@H](C)C2. The van der Waals surface area contributed by atoms with Crippen molar-refractivity contribution in [1.82, 2.24) is 4.98 Å². The molecule has 0 aromatic carbocycles. The van der Waals surface area contributed by atoms with Crippen LogP contribution >= 0.6 is 22.9 Å². The number of carbonyl (C=O) groups excluding carboxylic acids is 3. The summed E-state index contributed by atoms with van der Waals surface area (Å²) in [5.41, 5.74) is 1.43. The van der Waals surface area contributed by atoms with Gasteiger partial charge in [-0.3, -0.25) is 4.79 Å². The van der Waals surface area contributed by atoms with Crippen molar-refractivity contribution < 1.29 is 23.9 Å². The van der Waals surface area contributed by atoms with Crippen LogP contribution in [0.1, 0.15) is 58.3 Å². The number of amides is 1. The quantitative estimate of drug-likeness (QED) is 0.521. The minimum Gasteiger partial charge on any atom is -0.462 e. The van der Waals surface area contributed by atoms with Crippen molar-refractivity contribution in [3.63, 3.8) is 0 Å². The molecule has 1 aliphatic carbocycles. The van der Waals surface area contributed by atoms with Crippen LogP contribution in [-0.2, 0) is 27.1 Å². The fourth-order valence-electron chi connectivity index (χ4n) is 3.29. The van der Waals surface area contributed by atoms with Gasteiger partial charge in [0, 0.05) is 11.1 Å². The number of hydrogen-bond acceptors (Lipinski definition) is 7.